The van der Waals surface area contributed by atoms with Crippen LogP contribution in [0.1, 0.15) is 49.1 Å². The number of rotatable bonds is 7. The summed E-state index contributed by atoms with van der Waals surface area (Å²) in [5.41, 5.74) is 1.65. The topological polar surface area (TPSA) is 137 Å². The number of allylic oxidation sites excluding steroid dienone is 2. The minimum absolute atomic E-state index is 0.0426. The van der Waals surface area contributed by atoms with Crippen molar-refractivity contribution in [1.29, 1.82) is 0 Å². The minimum Gasteiger partial charge on any atom is -0.500 e. The Balaban J connectivity index is 1.75. The number of phenols is 1. The van der Waals surface area contributed by atoms with Gasteiger partial charge in [0.05, 0.1) is 25.7 Å². The second-order valence-electron chi connectivity index (χ2n) is 8.42. The summed E-state index contributed by atoms with van der Waals surface area (Å²) in [5.74, 6) is -0.835. The van der Waals surface area contributed by atoms with Crippen LogP contribution in [0.3, 0.4) is 0 Å². The van der Waals surface area contributed by atoms with E-state index in [9.17, 15) is 24.8 Å². The molecule has 10 heteroatoms. The number of nitro groups is 1. The number of benzene rings is 2. The molecule has 1 aliphatic carbocycles. The number of phenolic OH excluding ortho intramolecular Hbond substituents is 1. The average Bonchev–Trinajstić information content (AvgIpc) is 2.83. The smallest absolute Gasteiger partial charge is 0.314 e. The van der Waals surface area contributed by atoms with Gasteiger partial charge in [0.1, 0.15) is 0 Å². The molecular weight excluding hydrogens is 456 g/mol. The Morgan fingerprint density at radius 2 is 1.74 bits per heavy atom. The van der Waals surface area contributed by atoms with Gasteiger partial charge >= 0.3 is 5.69 Å². The van der Waals surface area contributed by atoms with Crippen LogP contribution in [0.4, 0.5) is 5.69 Å². The zero-order chi connectivity index (χ0) is 25.3. The number of methoxy groups -OCH3 is 2. The Morgan fingerprint density at radius 1 is 1.03 bits per heavy atom. The second kappa shape index (κ2) is 9.65. The number of aromatic hydroxyl groups is 1. The van der Waals surface area contributed by atoms with Crippen molar-refractivity contribution in [3.8, 4) is 23.0 Å². The van der Waals surface area contributed by atoms with Crippen molar-refractivity contribution in [2.24, 2.45) is 0 Å². The molecule has 0 fully saturated rings. The van der Waals surface area contributed by atoms with Gasteiger partial charge in [-0.25, -0.2) is 0 Å². The number of Topliss-reactive ketones (excluding diaryl/α,β-unsaturated/α-hetero) is 1. The standard InChI is InChI=1S/C25H26N2O8/c1-4-35-22-11-15(8-18(25(22)30)27(31)32)16-12-23(29)26-17-7-14(9-19(28)24(16)17)13-5-6-20(33-2)21(10-13)34-3/h5-6,8,10-11,14,16,30H,4,7,9,12H2,1-3H3,(H,26,29)/t14-,16+/m0/s1. The molecular formula is C25H26N2O8. The first kappa shape index (κ1) is 24.1. The van der Waals surface area contributed by atoms with Crippen molar-refractivity contribution in [1.82, 2.24) is 5.32 Å². The predicted molar refractivity (Wildman–Crippen MR) is 125 cm³/mol. The predicted octanol–water partition coefficient (Wildman–Crippen LogP) is 3.72. The Labute approximate surface area is 201 Å². The Kier molecular flexibility index (Phi) is 6.63. The first-order valence-corrected chi connectivity index (χ1v) is 11.2. The van der Waals surface area contributed by atoms with E-state index in [4.69, 9.17) is 14.2 Å². The Morgan fingerprint density at radius 3 is 2.40 bits per heavy atom. The van der Waals surface area contributed by atoms with Crippen molar-refractivity contribution < 1.29 is 33.8 Å². The molecule has 35 heavy (non-hydrogen) atoms. The van der Waals surface area contributed by atoms with E-state index in [1.54, 1.807) is 20.1 Å². The molecule has 10 nitrogen and oxygen atoms in total. The van der Waals surface area contributed by atoms with E-state index in [1.165, 1.54) is 19.2 Å². The molecule has 2 atom stereocenters. The fourth-order valence-electron chi connectivity index (χ4n) is 4.81. The molecule has 1 aliphatic heterocycles. The van der Waals surface area contributed by atoms with Crippen molar-refractivity contribution >= 4 is 17.4 Å². The maximum atomic E-state index is 13.4. The van der Waals surface area contributed by atoms with Crippen LogP contribution in [0.2, 0.25) is 0 Å². The summed E-state index contributed by atoms with van der Waals surface area (Å²) in [5, 5.41) is 24.6. The van der Waals surface area contributed by atoms with Crippen LogP contribution in [0.5, 0.6) is 23.0 Å². The molecule has 0 spiro atoms. The third-order valence-corrected chi connectivity index (χ3v) is 6.39. The molecule has 1 heterocycles. The van der Waals surface area contributed by atoms with Crippen molar-refractivity contribution in [2.45, 2.75) is 38.0 Å². The largest absolute Gasteiger partial charge is 0.500 e. The molecule has 0 aromatic heterocycles. The highest BCUT2D eigenvalue weighted by atomic mass is 16.6. The maximum absolute atomic E-state index is 13.4. The summed E-state index contributed by atoms with van der Waals surface area (Å²) < 4.78 is 16.1. The zero-order valence-corrected chi connectivity index (χ0v) is 19.6. The number of ether oxygens (including phenoxy) is 3. The van der Waals surface area contributed by atoms with Crippen LogP contribution in [-0.4, -0.2) is 42.5 Å². The number of nitro benzene ring substituents is 1. The lowest BCUT2D eigenvalue weighted by Gasteiger charge is -2.34. The molecule has 0 saturated heterocycles. The number of hydrogen-bond acceptors (Lipinski definition) is 8. The number of hydrogen-bond donors (Lipinski definition) is 2. The first-order valence-electron chi connectivity index (χ1n) is 11.2. The van der Waals surface area contributed by atoms with Gasteiger partial charge in [-0.1, -0.05) is 6.07 Å². The lowest BCUT2D eigenvalue weighted by molar-refractivity contribution is -0.386. The molecule has 0 radical (unpaired) electrons. The fraction of sp³-hybridized carbons (Fsp3) is 0.360. The quantitative estimate of drug-likeness (QED) is 0.450. The number of nitrogens with one attached hydrogen (secondary N) is 1. The van der Waals surface area contributed by atoms with Gasteiger partial charge in [0.15, 0.2) is 23.0 Å². The van der Waals surface area contributed by atoms with E-state index in [2.05, 4.69) is 5.32 Å². The van der Waals surface area contributed by atoms with Gasteiger partial charge in [0.2, 0.25) is 11.7 Å². The number of carbonyl (C=O) groups excluding carboxylic acids is 2. The van der Waals surface area contributed by atoms with E-state index >= 15 is 0 Å². The molecule has 0 bridgehead atoms. The SMILES string of the molecule is CCOc1cc([C@H]2CC(=O)NC3=C2C(=O)C[C@@H](c2ccc(OC)c(OC)c2)C3)cc([N+](=O)[O-])c1O. The molecule has 2 aliphatic rings. The Bertz CT molecular complexity index is 1240. The highest BCUT2D eigenvalue weighted by Gasteiger charge is 2.39. The summed E-state index contributed by atoms with van der Waals surface area (Å²) >= 11 is 0. The Hall–Kier alpha value is -4.08. The normalized spacial score (nSPS) is 19.6. The molecule has 184 valence electrons. The maximum Gasteiger partial charge on any atom is 0.314 e. The summed E-state index contributed by atoms with van der Waals surface area (Å²) in [6, 6.07) is 8.13. The molecule has 2 aromatic carbocycles. The summed E-state index contributed by atoms with van der Waals surface area (Å²) in [6.07, 6.45) is 0.579. The van der Waals surface area contributed by atoms with Crippen LogP contribution in [-0.2, 0) is 9.59 Å². The first-order chi connectivity index (χ1) is 16.8. The van der Waals surface area contributed by atoms with Gasteiger partial charge in [-0.05, 0) is 48.6 Å². The lowest BCUT2D eigenvalue weighted by atomic mass is 9.73. The summed E-state index contributed by atoms with van der Waals surface area (Å²) in [7, 11) is 3.08. The number of nitrogens with zero attached hydrogens (tertiary/aromatic N) is 1. The monoisotopic (exact) mass is 482 g/mol. The van der Waals surface area contributed by atoms with Crippen molar-refractivity contribution in [3.05, 3.63) is 62.8 Å². The highest BCUT2D eigenvalue weighted by Crippen LogP contribution is 2.46. The molecule has 2 N–H and O–H groups in total. The summed E-state index contributed by atoms with van der Waals surface area (Å²) in [6.45, 7) is 1.87. The second-order valence-corrected chi connectivity index (χ2v) is 8.42. The van der Waals surface area contributed by atoms with E-state index < -0.39 is 22.3 Å². The number of carbonyl (C=O) groups is 2. The number of ketones is 1. The van der Waals surface area contributed by atoms with Crippen molar-refractivity contribution in [3.63, 3.8) is 0 Å². The van der Waals surface area contributed by atoms with Crippen molar-refractivity contribution in [2.75, 3.05) is 20.8 Å². The van der Waals surface area contributed by atoms with Crippen LogP contribution in [0.25, 0.3) is 0 Å². The molecule has 2 aromatic rings. The molecule has 0 unspecified atom stereocenters. The molecule has 1 amide bonds. The van der Waals surface area contributed by atoms with Gasteiger partial charge in [-0.2, -0.15) is 0 Å². The van der Waals surface area contributed by atoms with Crippen LogP contribution in [0.15, 0.2) is 41.6 Å². The average molecular weight is 482 g/mol. The van der Waals surface area contributed by atoms with E-state index in [-0.39, 0.29) is 42.8 Å². The molecule has 4 rings (SSSR count). The van der Waals surface area contributed by atoms with Gasteiger partial charge in [0, 0.05) is 36.1 Å². The van der Waals surface area contributed by atoms with Gasteiger partial charge in [-0.3, -0.25) is 19.7 Å². The van der Waals surface area contributed by atoms with Crippen LogP contribution in [0, 0.1) is 10.1 Å². The minimum atomic E-state index is -0.713. The third-order valence-electron chi connectivity index (χ3n) is 6.39. The zero-order valence-electron chi connectivity index (χ0n) is 19.6. The summed E-state index contributed by atoms with van der Waals surface area (Å²) in [4.78, 5) is 36.8. The molecule has 0 saturated carbocycles. The van der Waals surface area contributed by atoms with Gasteiger partial charge in [0.25, 0.3) is 0 Å². The van der Waals surface area contributed by atoms with Crippen LogP contribution < -0.4 is 19.5 Å². The third kappa shape index (κ3) is 4.51. The van der Waals surface area contributed by atoms with Gasteiger partial charge < -0.3 is 24.6 Å². The lowest BCUT2D eigenvalue weighted by Crippen LogP contribution is -2.38. The van der Waals surface area contributed by atoms with E-state index in [0.717, 1.165) is 5.56 Å². The number of amides is 1. The van der Waals surface area contributed by atoms with Gasteiger partial charge in [-0.15, -0.1) is 0 Å². The van der Waals surface area contributed by atoms with Crippen LogP contribution >= 0.6 is 0 Å². The van der Waals surface area contributed by atoms with E-state index in [0.29, 0.717) is 34.8 Å². The van der Waals surface area contributed by atoms with E-state index in [1.807, 2.05) is 12.1 Å². The highest BCUT2D eigenvalue weighted by molar-refractivity contribution is 6.02. The fourth-order valence-corrected chi connectivity index (χ4v) is 4.81.